The molecule has 1 amide bonds. The highest BCUT2D eigenvalue weighted by atomic mass is 32.2. The Bertz CT molecular complexity index is 1280. The van der Waals surface area contributed by atoms with Crippen molar-refractivity contribution in [2.24, 2.45) is 0 Å². The van der Waals surface area contributed by atoms with E-state index in [1.54, 1.807) is 29.2 Å². The first kappa shape index (κ1) is 22.6. The molecule has 0 aliphatic carbocycles. The lowest BCUT2D eigenvalue weighted by molar-refractivity contribution is 0.0664. The Labute approximate surface area is 199 Å². The smallest absolute Gasteiger partial charge is 0.257 e. The van der Waals surface area contributed by atoms with Crippen LogP contribution < -0.4 is 5.32 Å². The first-order valence-electron chi connectivity index (χ1n) is 11.4. The van der Waals surface area contributed by atoms with Crippen molar-refractivity contribution >= 4 is 21.6 Å². The zero-order chi connectivity index (χ0) is 23.7. The van der Waals surface area contributed by atoms with Gasteiger partial charge in [0.1, 0.15) is 11.5 Å². The molecule has 0 saturated carbocycles. The minimum atomic E-state index is -3.55. The zero-order valence-corrected chi connectivity index (χ0v) is 19.8. The Morgan fingerprint density at radius 2 is 1.74 bits per heavy atom. The summed E-state index contributed by atoms with van der Waals surface area (Å²) in [5.41, 5.74) is 2.19. The van der Waals surface area contributed by atoms with E-state index in [9.17, 15) is 13.2 Å². The van der Waals surface area contributed by atoms with E-state index in [1.165, 1.54) is 4.31 Å². The van der Waals surface area contributed by atoms with Gasteiger partial charge in [-0.1, -0.05) is 19.1 Å². The number of nitrogens with one attached hydrogen (secondary N) is 1. The van der Waals surface area contributed by atoms with Crippen molar-refractivity contribution in [1.29, 1.82) is 0 Å². The molecule has 1 saturated heterocycles. The number of carbonyl (C=O) groups is 1. The third kappa shape index (κ3) is 4.11. The summed E-state index contributed by atoms with van der Waals surface area (Å²) in [6, 6.07) is 17.9. The number of morpholine rings is 1. The summed E-state index contributed by atoms with van der Waals surface area (Å²) < 4.78 is 38.6. The van der Waals surface area contributed by atoms with Crippen molar-refractivity contribution in [3.63, 3.8) is 0 Å². The summed E-state index contributed by atoms with van der Waals surface area (Å²) in [5, 5.41) is 3.43. The number of anilines is 1. The molecule has 2 aliphatic heterocycles. The second kappa shape index (κ2) is 9.25. The topological polar surface area (TPSA) is 92.1 Å². The van der Waals surface area contributed by atoms with E-state index >= 15 is 0 Å². The van der Waals surface area contributed by atoms with Gasteiger partial charge in [-0.25, -0.2) is 8.42 Å². The first-order chi connectivity index (χ1) is 16.5. The summed E-state index contributed by atoms with van der Waals surface area (Å²) >= 11 is 0. The SMILES string of the molecule is CCCN1C(=O)c2ccccc2NC1c1ccc(-c2ccc(S(=O)(=O)N3CCOCC3)cc2)o1. The van der Waals surface area contributed by atoms with Crippen LogP contribution in [0.3, 0.4) is 0 Å². The van der Waals surface area contributed by atoms with E-state index in [1.807, 2.05) is 43.3 Å². The van der Waals surface area contributed by atoms with Crippen LogP contribution in [-0.4, -0.2) is 56.4 Å². The van der Waals surface area contributed by atoms with Crippen molar-refractivity contribution in [2.75, 3.05) is 38.2 Å². The van der Waals surface area contributed by atoms with E-state index in [-0.39, 0.29) is 10.8 Å². The van der Waals surface area contributed by atoms with Crippen LogP contribution in [0.15, 0.2) is 70.0 Å². The maximum atomic E-state index is 13.1. The number of rotatable bonds is 6. The van der Waals surface area contributed by atoms with Gasteiger partial charge in [0.15, 0.2) is 6.17 Å². The molecule has 5 rings (SSSR count). The molecule has 3 heterocycles. The van der Waals surface area contributed by atoms with Crippen LogP contribution in [-0.2, 0) is 14.8 Å². The fourth-order valence-corrected chi connectivity index (χ4v) is 5.78. The van der Waals surface area contributed by atoms with Crippen LogP contribution >= 0.6 is 0 Å². The molecule has 0 spiro atoms. The summed E-state index contributed by atoms with van der Waals surface area (Å²) in [7, 11) is -3.55. The number of carbonyl (C=O) groups excluding carboxylic acids is 1. The highest BCUT2D eigenvalue weighted by molar-refractivity contribution is 7.89. The fraction of sp³-hybridized carbons (Fsp3) is 0.320. The predicted octanol–water partition coefficient (Wildman–Crippen LogP) is 3.94. The molecule has 1 aromatic heterocycles. The van der Waals surface area contributed by atoms with Gasteiger partial charge in [0.25, 0.3) is 5.91 Å². The van der Waals surface area contributed by atoms with E-state index in [4.69, 9.17) is 9.15 Å². The van der Waals surface area contributed by atoms with Gasteiger partial charge in [-0.2, -0.15) is 4.31 Å². The quantitative estimate of drug-likeness (QED) is 0.573. The van der Waals surface area contributed by atoms with Gasteiger partial charge in [-0.3, -0.25) is 4.79 Å². The molecule has 2 aromatic carbocycles. The second-order valence-electron chi connectivity index (χ2n) is 8.33. The highest BCUT2D eigenvalue weighted by Gasteiger charge is 2.34. The van der Waals surface area contributed by atoms with Crippen LogP contribution in [0.4, 0.5) is 5.69 Å². The Balaban J connectivity index is 1.40. The van der Waals surface area contributed by atoms with Gasteiger partial charge >= 0.3 is 0 Å². The molecule has 34 heavy (non-hydrogen) atoms. The number of hydrogen-bond acceptors (Lipinski definition) is 6. The number of benzene rings is 2. The van der Waals surface area contributed by atoms with Gasteiger partial charge < -0.3 is 19.4 Å². The number of hydrogen-bond donors (Lipinski definition) is 1. The molecule has 0 radical (unpaired) electrons. The first-order valence-corrected chi connectivity index (χ1v) is 12.9. The predicted molar refractivity (Wildman–Crippen MR) is 128 cm³/mol. The molecular formula is C25H27N3O5S. The van der Waals surface area contributed by atoms with Gasteiger partial charge in [0.05, 0.1) is 23.7 Å². The molecule has 178 valence electrons. The van der Waals surface area contributed by atoms with Crippen LogP contribution in [0.1, 0.15) is 35.6 Å². The van der Waals surface area contributed by atoms with Crippen molar-refractivity contribution in [3.8, 4) is 11.3 Å². The lowest BCUT2D eigenvalue weighted by atomic mass is 10.1. The summed E-state index contributed by atoms with van der Waals surface area (Å²) in [5.74, 6) is 1.20. The van der Waals surface area contributed by atoms with Gasteiger partial charge in [0.2, 0.25) is 10.0 Å². The van der Waals surface area contributed by atoms with E-state index in [0.717, 1.165) is 17.7 Å². The normalized spacial score (nSPS) is 19.0. The highest BCUT2D eigenvalue weighted by Crippen LogP contribution is 2.35. The summed E-state index contributed by atoms with van der Waals surface area (Å²) in [4.78, 5) is 15.1. The minimum Gasteiger partial charge on any atom is -0.457 e. The van der Waals surface area contributed by atoms with Crippen LogP contribution in [0, 0.1) is 0 Å². The largest absolute Gasteiger partial charge is 0.457 e. The number of fused-ring (bicyclic) bond motifs is 1. The Hall–Kier alpha value is -3.14. The van der Waals surface area contributed by atoms with Crippen LogP contribution in [0.25, 0.3) is 11.3 Å². The number of para-hydroxylation sites is 1. The van der Waals surface area contributed by atoms with Gasteiger partial charge in [-0.05, 0) is 55.0 Å². The maximum absolute atomic E-state index is 13.1. The fourth-order valence-electron chi connectivity index (χ4n) is 4.37. The molecule has 9 heteroatoms. The number of furan rings is 1. The molecule has 2 aliphatic rings. The molecular weight excluding hydrogens is 454 g/mol. The lowest BCUT2D eigenvalue weighted by Gasteiger charge is -2.36. The summed E-state index contributed by atoms with van der Waals surface area (Å²) in [6.45, 7) is 4.15. The average molecular weight is 482 g/mol. The number of sulfonamides is 1. The van der Waals surface area contributed by atoms with E-state index < -0.39 is 16.2 Å². The Morgan fingerprint density at radius 1 is 1.00 bits per heavy atom. The van der Waals surface area contributed by atoms with Gasteiger partial charge in [-0.15, -0.1) is 0 Å². The standard InChI is InChI=1S/C25H27N3O5S/c1-2-13-28-24(26-21-6-4-3-5-20(21)25(28)29)23-12-11-22(33-23)18-7-9-19(10-8-18)34(30,31)27-14-16-32-17-15-27/h3-12,24,26H,2,13-17H2,1H3. The molecule has 8 nitrogen and oxygen atoms in total. The number of ether oxygens (including phenoxy) is 1. The average Bonchev–Trinajstić information content (AvgIpc) is 3.36. The maximum Gasteiger partial charge on any atom is 0.257 e. The zero-order valence-electron chi connectivity index (χ0n) is 18.9. The van der Waals surface area contributed by atoms with Crippen LogP contribution in [0.5, 0.6) is 0 Å². The number of amides is 1. The third-order valence-electron chi connectivity index (χ3n) is 6.13. The minimum absolute atomic E-state index is 0.0307. The van der Waals surface area contributed by atoms with E-state index in [2.05, 4.69) is 5.32 Å². The summed E-state index contributed by atoms with van der Waals surface area (Å²) in [6.07, 6.45) is 0.399. The Morgan fingerprint density at radius 3 is 2.47 bits per heavy atom. The molecule has 3 aromatic rings. The molecule has 1 atom stereocenters. The molecule has 1 N–H and O–H groups in total. The lowest BCUT2D eigenvalue weighted by Crippen LogP contribution is -2.43. The number of nitrogens with zero attached hydrogens (tertiary/aromatic N) is 2. The van der Waals surface area contributed by atoms with Gasteiger partial charge in [0, 0.05) is 30.9 Å². The monoisotopic (exact) mass is 481 g/mol. The molecule has 0 bridgehead atoms. The third-order valence-corrected chi connectivity index (χ3v) is 8.04. The van der Waals surface area contributed by atoms with Crippen molar-refractivity contribution < 1.29 is 22.4 Å². The molecule has 1 unspecified atom stereocenters. The molecule has 1 fully saturated rings. The van der Waals surface area contributed by atoms with Crippen LogP contribution in [0.2, 0.25) is 0 Å². The Kier molecular flexibility index (Phi) is 6.16. The van der Waals surface area contributed by atoms with Crippen molar-refractivity contribution in [1.82, 2.24) is 9.21 Å². The second-order valence-corrected chi connectivity index (χ2v) is 10.3. The van der Waals surface area contributed by atoms with Crippen molar-refractivity contribution in [3.05, 3.63) is 72.0 Å². The van der Waals surface area contributed by atoms with Crippen molar-refractivity contribution in [2.45, 2.75) is 24.4 Å². The van der Waals surface area contributed by atoms with E-state index in [0.29, 0.717) is 49.9 Å².